The number of carbonyl (C=O) groups excluding carboxylic acids is 1. The number of rotatable bonds is 3. The van der Waals surface area contributed by atoms with Crippen molar-refractivity contribution in [3.8, 4) is 0 Å². The topological polar surface area (TPSA) is 79.4 Å². The molecule has 2 rings (SSSR count). The lowest BCUT2D eigenvalue weighted by molar-refractivity contribution is -0.125. The molecule has 1 aliphatic heterocycles. The van der Waals surface area contributed by atoms with Crippen LogP contribution in [0.15, 0.2) is 23.2 Å². The van der Waals surface area contributed by atoms with Crippen LogP contribution in [0.3, 0.4) is 0 Å². The van der Waals surface area contributed by atoms with Gasteiger partial charge >= 0.3 is 0 Å². The predicted octanol–water partition coefficient (Wildman–Crippen LogP) is 0.882. The lowest BCUT2D eigenvalue weighted by Crippen LogP contribution is -2.42. The van der Waals surface area contributed by atoms with Gasteiger partial charge in [-0.2, -0.15) is 4.31 Å². The monoisotopic (exact) mass is 317 g/mol. The highest BCUT2D eigenvalue weighted by atomic mass is 35.5. The van der Waals surface area contributed by atoms with E-state index in [1.807, 2.05) is 0 Å². The lowest BCUT2D eigenvalue weighted by Gasteiger charge is -2.30. The molecule has 0 atom stereocenters. The van der Waals surface area contributed by atoms with Crippen molar-refractivity contribution in [2.24, 2.45) is 5.92 Å². The molecule has 2 heterocycles. The molecule has 1 aromatic heterocycles. The summed E-state index contributed by atoms with van der Waals surface area (Å²) in [6, 6.07) is 2.98. The van der Waals surface area contributed by atoms with Gasteiger partial charge in [0.25, 0.3) is 0 Å². The first-order valence-electron chi connectivity index (χ1n) is 6.29. The summed E-state index contributed by atoms with van der Waals surface area (Å²) in [5.41, 5.74) is 0. The van der Waals surface area contributed by atoms with Crippen LogP contribution < -0.4 is 5.32 Å². The smallest absolute Gasteiger partial charge is 0.246 e. The average Bonchev–Trinajstić information content (AvgIpc) is 2.47. The van der Waals surface area contributed by atoms with E-state index in [2.05, 4.69) is 10.3 Å². The Kier molecular flexibility index (Phi) is 4.62. The number of nitrogens with one attached hydrogen (secondary N) is 1. The van der Waals surface area contributed by atoms with Gasteiger partial charge in [-0.15, -0.1) is 0 Å². The summed E-state index contributed by atoms with van der Waals surface area (Å²) in [6.07, 6.45) is 2.47. The normalized spacial score (nSPS) is 17.9. The predicted molar refractivity (Wildman–Crippen MR) is 74.8 cm³/mol. The summed E-state index contributed by atoms with van der Waals surface area (Å²) in [5.74, 6) is -0.169. The molecule has 0 aromatic carbocycles. The number of nitrogens with zero attached hydrogens (tertiary/aromatic N) is 2. The Hall–Kier alpha value is -1.18. The summed E-state index contributed by atoms with van der Waals surface area (Å²) in [7, 11) is -2.06. The zero-order chi connectivity index (χ0) is 14.8. The van der Waals surface area contributed by atoms with E-state index in [0.29, 0.717) is 25.9 Å². The SMILES string of the molecule is CNC(=O)C1CCN(S(=O)(=O)c2cccnc2Cl)CC1. The minimum Gasteiger partial charge on any atom is -0.359 e. The second-order valence-electron chi connectivity index (χ2n) is 4.58. The molecule has 0 unspecified atom stereocenters. The number of hydrogen-bond acceptors (Lipinski definition) is 4. The first-order valence-corrected chi connectivity index (χ1v) is 8.11. The average molecular weight is 318 g/mol. The molecule has 0 aliphatic carbocycles. The van der Waals surface area contributed by atoms with E-state index in [4.69, 9.17) is 11.6 Å². The fourth-order valence-corrected chi connectivity index (χ4v) is 4.16. The van der Waals surface area contributed by atoms with E-state index in [1.165, 1.54) is 22.6 Å². The van der Waals surface area contributed by atoms with Gasteiger partial charge in [0.05, 0.1) is 0 Å². The lowest BCUT2D eigenvalue weighted by atomic mass is 9.97. The third kappa shape index (κ3) is 2.94. The molecule has 0 saturated carbocycles. The van der Waals surface area contributed by atoms with Gasteiger partial charge in [-0.05, 0) is 25.0 Å². The number of halogens is 1. The Labute approximate surface area is 123 Å². The van der Waals surface area contributed by atoms with E-state index >= 15 is 0 Å². The molecule has 1 aromatic rings. The number of amides is 1. The molecule has 1 N–H and O–H groups in total. The number of piperidine rings is 1. The maximum Gasteiger partial charge on any atom is 0.246 e. The van der Waals surface area contributed by atoms with Crippen LogP contribution in [0.5, 0.6) is 0 Å². The van der Waals surface area contributed by atoms with Crippen LogP contribution in [-0.4, -0.2) is 43.8 Å². The van der Waals surface area contributed by atoms with E-state index in [1.54, 1.807) is 7.05 Å². The summed E-state index contributed by atoms with van der Waals surface area (Å²) in [4.78, 5) is 15.3. The summed E-state index contributed by atoms with van der Waals surface area (Å²) in [6.45, 7) is 0.622. The summed E-state index contributed by atoms with van der Waals surface area (Å²) in [5, 5.41) is 2.56. The van der Waals surface area contributed by atoms with Gasteiger partial charge in [0.15, 0.2) is 0 Å². The van der Waals surface area contributed by atoms with E-state index < -0.39 is 10.0 Å². The fourth-order valence-electron chi connectivity index (χ4n) is 2.27. The molecular weight excluding hydrogens is 302 g/mol. The Balaban J connectivity index is 2.14. The highest BCUT2D eigenvalue weighted by molar-refractivity contribution is 7.89. The van der Waals surface area contributed by atoms with Gasteiger partial charge in [-0.3, -0.25) is 4.79 Å². The largest absolute Gasteiger partial charge is 0.359 e. The van der Waals surface area contributed by atoms with E-state index in [9.17, 15) is 13.2 Å². The van der Waals surface area contributed by atoms with Crippen molar-refractivity contribution >= 4 is 27.5 Å². The third-order valence-electron chi connectivity index (χ3n) is 3.41. The van der Waals surface area contributed by atoms with Crippen molar-refractivity contribution < 1.29 is 13.2 Å². The van der Waals surface area contributed by atoms with Crippen molar-refractivity contribution in [3.63, 3.8) is 0 Å². The van der Waals surface area contributed by atoms with Crippen LogP contribution >= 0.6 is 11.6 Å². The van der Waals surface area contributed by atoms with Crippen molar-refractivity contribution in [2.45, 2.75) is 17.7 Å². The molecule has 0 bridgehead atoms. The van der Waals surface area contributed by atoms with Crippen LogP contribution in [0.1, 0.15) is 12.8 Å². The van der Waals surface area contributed by atoms with Gasteiger partial charge in [0, 0.05) is 32.3 Å². The van der Waals surface area contributed by atoms with Crippen LogP contribution in [0.2, 0.25) is 5.15 Å². The van der Waals surface area contributed by atoms with Gasteiger partial charge in [0.1, 0.15) is 10.0 Å². The Morgan fingerprint density at radius 1 is 1.45 bits per heavy atom. The van der Waals surface area contributed by atoms with E-state index in [0.717, 1.165) is 0 Å². The van der Waals surface area contributed by atoms with Crippen molar-refractivity contribution in [1.29, 1.82) is 0 Å². The molecule has 1 saturated heterocycles. The van der Waals surface area contributed by atoms with Gasteiger partial charge in [0.2, 0.25) is 15.9 Å². The molecule has 0 radical (unpaired) electrons. The van der Waals surface area contributed by atoms with E-state index in [-0.39, 0.29) is 21.9 Å². The number of aromatic nitrogens is 1. The van der Waals surface area contributed by atoms with Crippen LogP contribution in [-0.2, 0) is 14.8 Å². The summed E-state index contributed by atoms with van der Waals surface area (Å²) < 4.78 is 26.3. The molecule has 0 spiro atoms. The van der Waals surface area contributed by atoms with Gasteiger partial charge in [-0.1, -0.05) is 11.6 Å². The number of carbonyl (C=O) groups is 1. The van der Waals surface area contributed by atoms with Crippen LogP contribution in [0, 0.1) is 5.92 Å². The first kappa shape index (κ1) is 15.2. The highest BCUT2D eigenvalue weighted by Gasteiger charge is 2.32. The first-order chi connectivity index (χ1) is 9.46. The molecule has 20 heavy (non-hydrogen) atoms. The molecule has 6 nitrogen and oxygen atoms in total. The molecule has 1 amide bonds. The van der Waals surface area contributed by atoms with Crippen LogP contribution in [0.4, 0.5) is 0 Å². The molecular formula is C12H16ClN3O3S. The zero-order valence-corrected chi connectivity index (χ0v) is 12.6. The number of sulfonamides is 1. The Bertz CT molecular complexity index is 598. The number of hydrogen-bond donors (Lipinski definition) is 1. The second kappa shape index (κ2) is 6.07. The third-order valence-corrected chi connectivity index (χ3v) is 5.76. The maximum atomic E-state index is 12.5. The molecule has 8 heteroatoms. The number of pyridine rings is 1. The quantitative estimate of drug-likeness (QED) is 0.839. The van der Waals surface area contributed by atoms with Gasteiger partial charge < -0.3 is 5.32 Å². The molecule has 1 fully saturated rings. The zero-order valence-electron chi connectivity index (χ0n) is 11.0. The van der Waals surface area contributed by atoms with Crippen molar-refractivity contribution in [1.82, 2.24) is 14.6 Å². The van der Waals surface area contributed by atoms with Gasteiger partial charge in [-0.25, -0.2) is 13.4 Å². The maximum absolute atomic E-state index is 12.5. The molecule has 1 aliphatic rings. The second-order valence-corrected chi connectivity index (χ2v) is 6.85. The van der Waals surface area contributed by atoms with Crippen LogP contribution in [0.25, 0.3) is 0 Å². The Morgan fingerprint density at radius 3 is 2.65 bits per heavy atom. The highest BCUT2D eigenvalue weighted by Crippen LogP contribution is 2.26. The fraction of sp³-hybridized carbons (Fsp3) is 0.500. The standard InChI is InChI=1S/C12H16ClN3O3S/c1-14-12(17)9-4-7-16(8-5-9)20(18,19)10-3-2-6-15-11(10)13/h2-3,6,9H,4-5,7-8H2,1H3,(H,14,17). The van der Waals surface area contributed by atoms with Crippen molar-refractivity contribution in [3.05, 3.63) is 23.5 Å². The minimum absolute atomic E-state index is 0.0139. The Morgan fingerprint density at radius 2 is 2.10 bits per heavy atom. The van der Waals surface area contributed by atoms with Crippen molar-refractivity contribution in [2.75, 3.05) is 20.1 Å². The minimum atomic E-state index is -3.64. The molecule has 110 valence electrons. The summed E-state index contributed by atoms with van der Waals surface area (Å²) >= 11 is 5.85.